The van der Waals surface area contributed by atoms with Crippen molar-refractivity contribution in [1.29, 1.82) is 0 Å². The minimum atomic E-state index is -1.21. The Morgan fingerprint density at radius 1 is 1.00 bits per heavy atom. The lowest BCUT2D eigenvalue weighted by atomic mass is 9.93. The molecule has 166 valence electrons. The van der Waals surface area contributed by atoms with Crippen LogP contribution >= 0.6 is 0 Å². The van der Waals surface area contributed by atoms with Crippen molar-refractivity contribution in [2.24, 2.45) is 5.73 Å². The van der Waals surface area contributed by atoms with Gasteiger partial charge in [0.15, 0.2) is 11.6 Å². The fourth-order valence-corrected chi connectivity index (χ4v) is 2.82. The van der Waals surface area contributed by atoms with Gasteiger partial charge in [-0.05, 0) is 54.1 Å². The quantitative estimate of drug-likeness (QED) is 0.413. The molecule has 0 spiro atoms. The van der Waals surface area contributed by atoms with Gasteiger partial charge in [-0.1, -0.05) is 6.07 Å². The molecule has 10 heteroatoms. The summed E-state index contributed by atoms with van der Waals surface area (Å²) in [7, 11) is 0. The molecule has 0 saturated heterocycles. The first-order valence-electron chi connectivity index (χ1n) is 9.27. The van der Waals surface area contributed by atoms with Crippen molar-refractivity contribution >= 4 is 35.3 Å². The molecule has 0 atom stereocenters. The van der Waals surface area contributed by atoms with Crippen molar-refractivity contribution in [3.05, 3.63) is 100 Å². The van der Waals surface area contributed by atoms with Crippen LogP contribution in [0.2, 0.25) is 0 Å². The molecular formula is C23H15F2N3O5. The summed E-state index contributed by atoms with van der Waals surface area (Å²) >= 11 is 0. The first kappa shape index (κ1) is 22.9. The zero-order valence-corrected chi connectivity index (χ0v) is 16.7. The maximum absolute atomic E-state index is 13.3. The molecule has 2 aromatic carbocycles. The van der Waals surface area contributed by atoms with E-state index >= 15 is 0 Å². The van der Waals surface area contributed by atoms with Gasteiger partial charge in [0.05, 0.1) is 22.4 Å². The molecule has 0 bridgehead atoms. The van der Waals surface area contributed by atoms with Crippen LogP contribution in [0, 0.1) is 11.6 Å². The third kappa shape index (κ3) is 5.31. The number of hydrogen-bond donors (Lipinski definition) is 3. The number of nitrogens with one attached hydrogen (secondary N) is 1. The van der Waals surface area contributed by atoms with Gasteiger partial charge in [-0.15, -0.1) is 0 Å². The molecule has 0 saturated carbocycles. The zero-order chi connectivity index (χ0) is 24.1. The van der Waals surface area contributed by atoms with Crippen molar-refractivity contribution in [3.8, 4) is 0 Å². The molecular weight excluding hydrogens is 436 g/mol. The molecule has 33 heavy (non-hydrogen) atoms. The van der Waals surface area contributed by atoms with Crippen LogP contribution in [-0.2, 0) is 4.79 Å². The Bertz CT molecular complexity index is 1310. The fraction of sp³-hybridized carbons (Fsp3) is 0. The number of nitrogens with zero attached hydrogens (tertiary/aromatic N) is 1. The maximum atomic E-state index is 13.3. The molecule has 8 nitrogen and oxygen atoms in total. The number of pyridine rings is 1. The van der Waals surface area contributed by atoms with Gasteiger partial charge in [0.1, 0.15) is 0 Å². The number of rotatable bonds is 3. The number of aromatic carboxylic acids is 1. The van der Waals surface area contributed by atoms with Gasteiger partial charge >= 0.3 is 5.97 Å². The second-order valence-electron chi connectivity index (χ2n) is 6.69. The Kier molecular flexibility index (Phi) is 6.68. The number of nitrogens with two attached hydrogens (primary N) is 1. The summed E-state index contributed by atoms with van der Waals surface area (Å²) in [5.41, 5.74) is 5.31. The van der Waals surface area contributed by atoms with Gasteiger partial charge in [-0.2, -0.15) is 0 Å². The van der Waals surface area contributed by atoms with E-state index in [-0.39, 0.29) is 28.0 Å². The number of halogens is 2. The van der Waals surface area contributed by atoms with Crippen LogP contribution in [-0.4, -0.2) is 33.7 Å². The summed E-state index contributed by atoms with van der Waals surface area (Å²) < 4.78 is 26.2. The van der Waals surface area contributed by atoms with Crippen molar-refractivity contribution in [3.63, 3.8) is 0 Å². The van der Waals surface area contributed by atoms with E-state index in [1.807, 2.05) is 0 Å². The van der Waals surface area contributed by atoms with E-state index in [4.69, 9.17) is 10.8 Å². The van der Waals surface area contributed by atoms with Gasteiger partial charge in [0.25, 0.3) is 5.91 Å². The predicted molar refractivity (Wildman–Crippen MR) is 113 cm³/mol. The van der Waals surface area contributed by atoms with Gasteiger partial charge in [-0.25, -0.2) is 13.6 Å². The number of carboxylic acids is 1. The summed E-state index contributed by atoms with van der Waals surface area (Å²) in [6, 6.07) is 9.97. The molecule has 3 aromatic rings. The van der Waals surface area contributed by atoms with Crippen molar-refractivity contribution in [2.45, 2.75) is 0 Å². The normalized spacial score (nSPS) is 13.5. The lowest BCUT2D eigenvalue weighted by Crippen LogP contribution is -2.27. The van der Waals surface area contributed by atoms with Gasteiger partial charge in [0.2, 0.25) is 11.7 Å². The van der Waals surface area contributed by atoms with E-state index in [1.54, 1.807) is 18.3 Å². The molecule has 2 heterocycles. The number of anilines is 1. The highest BCUT2D eigenvalue weighted by Crippen LogP contribution is 2.27. The number of ketones is 1. The van der Waals surface area contributed by atoms with Crippen LogP contribution in [0.25, 0.3) is 6.08 Å². The molecule has 4 rings (SSSR count). The highest BCUT2D eigenvalue weighted by molar-refractivity contribution is 6.36. The second kappa shape index (κ2) is 9.60. The second-order valence-corrected chi connectivity index (χ2v) is 6.69. The van der Waals surface area contributed by atoms with E-state index in [0.717, 1.165) is 24.3 Å². The number of benzene rings is 2. The average Bonchev–Trinajstić information content (AvgIpc) is 2.79. The summed E-state index contributed by atoms with van der Waals surface area (Å²) in [5.74, 6) is -5.21. The standard InChI is InChI=1S/C17H9F2NO4.C6H6N2O/c18-12-3-1-8(6-13(12)19)5-11-15(21)10-7-9(17(23)24)2-4-14(10)20-16(11)22;7-6(9)5-2-1-3-8-4-5/h1-7H,(H,20,22)(H,23,24);1-4H,(H2,7,9)/b11-5-;. The lowest BCUT2D eigenvalue weighted by molar-refractivity contribution is -0.112. The van der Waals surface area contributed by atoms with E-state index in [1.165, 1.54) is 24.4 Å². The maximum Gasteiger partial charge on any atom is 0.335 e. The Morgan fingerprint density at radius 2 is 1.76 bits per heavy atom. The van der Waals surface area contributed by atoms with Gasteiger partial charge in [-0.3, -0.25) is 19.4 Å². The van der Waals surface area contributed by atoms with Crippen molar-refractivity contribution in [1.82, 2.24) is 4.98 Å². The lowest BCUT2D eigenvalue weighted by Gasteiger charge is -2.18. The molecule has 0 fully saturated rings. The summed E-state index contributed by atoms with van der Waals surface area (Å²) in [6.45, 7) is 0. The number of carbonyl (C=O) groups is 4. The highest BCUT2D eigenvalue weighted by atomic mass is 19.2. The fourth-order valence-electron chi connectivity index (χ4n) is 2.82. The number of carbonyl (C=O) groups excluding carboxylic acids is 3. The number of amides is 2. The Morgan fingerprint density at radius 3 is 2.33 bits per heavy atom. The van der Waals surface area contributed by atoms with Gasteiger partial charge < -0.3 is 16.2 Å². The van der Waals surface area contributed by atoms with Crippen LogP contribution in [0.3, 0.4) is 0 Å². The first-order chi connectivity index (χ1) is 15.7. The van der Waals surface area contributed by atoms with E-state index < -0.39 is 35.2 Å². The van der Waals surface area contributed by atoms with E-state index in [9.17, 15) is 28.0 Å². The monoisotopic (exact) mass is 451 g/mol. The minimum absolute atomic E-state index is 0.0170. The van der Waals surface area contributed by atoms with Crippen LogP contribution < -0.4 is 11.1 Å². The average molecular weight is 451 g/mol. The van der Waals surface area contributed by atoms with E-state index in [2.05, 4.69) is 10.3 Å². The van der Waals surface area contributed by atoms with Crippen LogP contribution in [0.1, 0.15) is 36.6 Å². The summed E-state index contributed by atoms with van der Waals surface area (Å²) in [6.07, 6.45) is 4.14. The van der Waals surface area contributed by atoms with Crippen molar-refractivity contribution in [2.75, 3.05) is 5.32 Å². The third-order valence-corrected chi connectivity index (χ3v) is 4.45. The molecule has 0 unspecified atom stereocenters. The number of fused-ring (bicyclic) bond motifs is 1. The first-order valence-corrected chi connectivity index (χ1v) is 9.27. The molecule has 4 N–H and O–H groups in total. The SMILES string of the molecule is NC(=O)c1cccnc1.O=C1Nc2ccc(C(=O)O)cc2C(=O)/C1=C/c1ccc(F)c(F)c1. The van der Waals surface area contributed by atoms with Crippen LogP contribution in [0.4, 0.5) is 14.5 Å². The molecule has 1 aliphatic rings. The number of hydrogen-bond acceptors (Lipinski definition) is 5. The number of Topliss-reactive ketones (excluding diaryl/α,β-unsaturated/α-hetero) is 1. The number of primary amides is 1. The molecule has 0 aliphatic carbocycles. The molecule has 1 aromatic heterocycles. The van der Waals surface area contributed by atoms with E-state index in [0.29, 0.717) is 5.56 Å². The predicted octanol–water partition coefficient (Wildman–Crippen LogP) is 3.06. The van der Waals surface area contributed by atoms with Crippen LogP contribution in [0.5, 0.6) is 0 Å². The molecule has 0 radical (unpaired) electrons. The number of aromatic nitrogens is 1. The zero-order valence-electron chi connectivity index (χ0n) is 16.7. The third-order valence-electron chi connectivity index (χ3n) is 4.45. The highest BCUT2D eigenvalue weighted by Gasteiger charge is 2.29. The number of carboxylic acid groups (broad SMARTS) is 1. The Labute approximate surface area is 185 Å². The Balaban J connectivity index is 0.000000286. The molecule has 1 aliphatic heterocycles. The van der Waals surface area contributed by atoms with Crippen molar-refractivity contribution < 1.29 is 33.1 Å². The smallest absolute Gasteiger partial charge is 0.335 e. The Hall–Kier alpha value is -4.73. The largest absolute Gasteiger partial charge is 0.478 e. The summed E-state index contributed by atoms with van der Waals surface area (Å²) in [4.78, 5) is 49.6. The molecule has 2 amide bonds. The summed E-state index contributed by atoms with van der Waals surface area (Å²) in [5, 5.41) is 11.5. The topological polar surface area (TPSA) is 139 Å². The van der Waals surface area contributed by atoms with Gasteiger partial charge in [0, 0.05) is 18.0 Å². The van der Waals surface area contributed by atoms with Crippen LogP contribution in [0.15, 0.2) is 66.5 Å². The minimum Gasteiger partial charge on any atom is -0.478 e.